The normalized spacial score (nSPS) is 25.2. The number of ether oxygens (including phenoxy) is 1. The van der Waals surface area contributed by atoms with Crippen molar-refractivity contribution in [1.82, 2.24) is 20.1 Å². The van der Waals surface area contributed by atoms with E-state index in [4.69, 9.17) is 15.0 Å². The first-order chi connectivity index (χ1) is 17.5. The number of aliphatic imine (C=N–C) groups is 1. The summed E-state index contributed by atoms with van der Waals surface area (Å²) in [6, 6.07) is 3.26. The van der Waals surface area contributed by atoms with Gasteiger partial charge in [-0.3, -0.25) is 9.79 Å². The zero-order valence-corrected chi connectivity index (χ0v) is 21.6. The van der Waals surface area contributed by atoms with Crippen LogP contribution in [0.3, 0.4) is 0 Å². The number of hydrogen-bond acceptors (Lipinski definition) is 10. The number of ketones is 1. The summed E-state index contributed by atoms with van der Waals surface area (Å²) in [5, 5.41) is 3.92. The van der Waals surface area contributed by atoms with Crippen LogP contribution in [-0.4, -0.2) is 42.0 Å². The van der Waals surface area contributed by atoms with Gasteiger partial charge in [-0.1, -0.05) is 23.0 Å². The number of amidine groups is 1. The van der Waals surface area contributed by atoms with Gasteiger partial charge in [0, 0.05) is 17.9 Å². The summed E-state index contributed by atoms with van der Waals surface area (Å²) < 4.78 is 39.7. The van der Waals surface area contributed by atoms with Crippen molar-refractivity contribution >= 4 is 22.7 Å². The van der Waals surface area contributed by atoms with E-state index in [1.807, 2.05) is 0 Å². The molecule has 194 valence electrons. The number of fused-ring (bicyclic) bond motifs is 1. The Bertz CT molecular complexity index is 1400. The number of carbonyl (C=O) groups excluding carboxylic acids is 1. The summed E-state index contributed by atoms with van der Waals surface area (Å²) in [6.07, 6.45) is 2.06. The average molecular weight is 529 g/mol. The molecule has 2 aromatic heterocycles. The van der Waals surface area contributed by atoms with Crippen LogP contribution in [0.2, 0.25) is 0 Å². The molecule has 3 heterocycles. The molecule has 37 heavy (non-hydrogen) atoms. The van der Waals surface area contributed by atoms with E-state index in [1.54, 1.807) is 32.9 Å². The number of aromatic nitrogens is 4. The Kier molecular flexibility index (Phi) is 6.25. The van der Waals surface area contributed by atoms with Gasteiger partial charge in [0.15, 0.2) is 23.4 Å². The third-order valence-electron chi connectivity index (χ3n) is 6.99. The lowest BCUT2D eigenvalue weighted by Gasteiger charge is -2.35. The summed E-state index contributed by atoms with van der Waals surface area (Å²) in [5.74, 6) is 0.0568. The zero-order valence-electron chi connectivity index (χ0n) is 20.8. The summed E-state index contributed by atoms with van der Waals surface area (Å²) in [5.41, 5.74) is 6.47. The van der Waals surface area contributed by atoms with E-state index >= 15 is 4.39 Å². The fourth-order valence-corrected chi connectivity index (χ4v) is 6.41. The summed E-state index contributed by atoms with van der Waals surface area (Å²) in [7, 11) is 0. The van der Waals surface area contributed by atoms with Crippen molar-refractivity contribution in [3.05, 3.63) is 64.4 Å². The number of thioether (sulfide) groups is 1. The maximum Gasteiger partial charge on any atom is 0.264 e. The van der Waals surface area contributed by atoms with Crippen LogP contribution in [0.15, 0.2) is 34.0 Å². The molecule has 4 atom stereocenters. The van der Waals surface area contributed by atoms with E-state index < -0.39 is 22.3 Å². The highest BCUT2D eigenvalue weighted by molar-refractivity contribution is 8.15. The van der Waals surface area contributed by atoms with Crippen LogP contribution < -0.4 is 10.5 Å². The first kappa shape index (κ1) is 25.2. The molecule has 2 aliphatic rings. The highest BCUT2D eigenvalue weighted by atomic mass is 32.2. The minimum absolute atomic E-state index is 0.0220. The SMILES string of the molecule is Cc1noc(COc2cnc(C(=O)Cc3cc(C)c(F)c([C@@]4(C)N=C(N)S[C@@]5(C(C)F)C[C@@H]45)c3)cn2)n1. The number of rotatable bonds is 8. The van der Waals surface area contributed by atoms with Crippen LogP contribution in [0.25, 0.3) is 0 Å². The molecule has 1 fully saturated rings. The van der Waals surface area contributed by atoms with Crippen LogP contribution >= 0.6 is 11.8 Å². The molecule has 1 aliphatic heterocycles. The Morgan fingerprint density at radius 1 is 1.32 bits per heavy atom. The van der Waals surface area contributed by atoms with Gasteiger partial charge in [-0.15, -0.1) is 0 Å². The van der Waals surface area contributed by atoms with E-state index in [2.05, 4.69) is 25.1 Å². The van der Waals surface area contributed by atoms with Crippen LogP contribution in [0.5, 0.6) is 5.88 Å². The van der Waals surface area contributed by atoms with E-state index in [0.29, 0.717) is 34.8 Å². The molecule has 0 saturated heterocycles. The Balaban J connectivity index is 1.34. The van der Waals surface area contributed by atoms with Crippen LogP contribution in [0.1, 0.15) is 59.2 Å². The Morgan fingerprint density at radius 2 is 2.11 bits per heavy atom. The number of alkyl halides is 1. The molecule has 1 aliphatic carbocycles. The average Bonchev–Trinajstić information content (AvgIpc) is 3.47. The van der Waals surface area contributed by atoms with E-state index in [1.165, 1.54) is 31.1 Å². The quantitative estimate of drug-likeness (QED) is 0.431. The van der Waals surface area contributed by atoms with Gasteiger partial charge in [0.05, 0.1) is 22.7 Å². The van der Waals surface area contributed by atoms with E-state index in [-0.39, 0.29) is 41.5 Å². The number of nitrogens with two attached hydrogens (primary N) is 1. The van der Waals surface area contributed by atoms with Gasteiger partial charge in [-0.05, 0) is 51.3 Å². The Labute approximate surface area is 216 Å². The summed E-state index contributed by atoms with van der Waals surface area (Å²) in [4.78, 5) is 29.9. The van der Waals surface area contributed by atoms with Crippen molar-refractivity contribution in [3.63, 3.8) is 0 Å². The van der Waals surface area contributed by atoms with Gasteiger partial charge in [-0.25, -0.2) is 18.7 Å². The topological polar surface area (TPSA) is 129 Å². The number of halogens is 2. The predicted octanol–water partition coefficient (Wildman–Crippen LogP) is 4.01. The first-order valence-electron chi connectivity index (χ1n) is 11.8. The van der Waals surface area contributed by atoms with Crippen LogP contribution in [0.4, 0.5) is 8.78 Å². The van der Waals surface area contributed by atoms with Gasteiger partial charge in [0.2, 0.25) is 5.88 Å². The lowest BCUT2D eigenvalue weighted by Crippen LogP contribution is -2.39. The molecule has 0 radical (unpaired) electrons. The largest absolute Gasteiger partial charge is 0.466 e. The molecule has 5 rings (SSSR count). The van der Waals surface area contributed by atoms with Gasteiger partial charge in [-0.2, -0.15) is 4.98 Å². The second-order valence-corrected chi connectivity index (χ2v) is 11.0. The molecule has 0 spiro atoms. The highest BCUT2D eigenvalue weighted by Crippen LogP contribution is 2.67. The molecule has 9 nitrogen and oxygen atoms in total. The monoisotopic (exact) mass is 528 g/mol. The lowest BCUT2D eigenvalue weighted by molar-refractivity contribution is 0.0987. The van der Waals surface area contributed by atoms with Crippen molar-refractivity contribution in [2.45, 2.75) is 63.6 Å². The van der Waals surface area contributed by atoms with Gasteiger partial charge < -0.3 is 15.0 Å². The maximum atomic E-state index is 15.4. The Hall–Kier alpha value is -3.41. The molecule has 3 aromatic rings. The fourth-order valence-electron chi connectivity index (χ4n) is 5.00. The number of hydrogen-bond donors (Lipinski definition) is 1. The molecule has 1 aromatic carbocycles. The number of aryl methyl sites for hydroxylation is 2. The third kappa shape index (κ3) is 4.58. The van der Waals surface area contributed by atoms with E-state index in [0.717, 1.165) is 0 Å². The minimum atomic E-state index is -1.12. The van der Waals surface area contributed by atoms with Crippen LogP contribution in [0, 0.1) is 25.6 Å². The second kappa shape index (κ2) is 9.16. The lowest BCUT2D eigenvalue weighted by atomic mass is 9.83. The molecule has 1 unspecified atom stereocenters. The zero-order chi connectivity index (χ0) is 26.5. The van der Waals surface area contributed by atoms with Gasteiger partial charge in [0.1, 0.15) is 17.7 Å². The van der Waals surface area contributed by atoms with Crippen molar-refractivity contribution in [3.8, 4) is 5.88 Å². The van der Waals surface area contributed by atoms with Crippen LogP contribution in [-0.2, 0) is 18.6 Å². The summed E-state index contributed by atoms with van der Waals surface area (Å²) in [6.45, 7) is 6.65. The molecule has 1 saturated carbocycles. The molecular formula is C25H26F2N6O3S. The first-order valence-corrected chi connectivity index (χ1v) is 12.6. The van der Waals surface area contributed by atoms with Crippen molar-refractivity contribution in [2.75, 3.05) is 0 Å². The van der Waals surface area contributed by atoms with E-state index in [9.17, 15) is 9.18 Å². The summed E-state index contributed by atoms with van der Waals surface area (Å²) >= 11 is 1.23. The number of carbonyl (C=O) groups is 1. The standard InChI is InChI=1S/C25H26F2N6O3S/c1-12-5-15(6-16(22(12)27)24(4)19-8-25(19,13(2)26)37-23(28)32-24)7-18(34)17-9-30-20(10-29-17)35-11-21-31-14(3)33-36-21/h5-6,9-10,13,19H,7-8,11H2,1-4H3,(H2,28,32)/t13?,19-,24+,25+/m0/s1. The molecule has 12 heteroatoms. The third-order valence-corrected chi connectivity index (χ3v) is 8.45. The Morgan fingerprint density at radius 3 is 2.76 bits per heavy atom. The number of nitrogens with zero attached hydrogens (tertiary/aromatic N) is 5. The maximum absolute atomic E-state index is 15.4. The van der Waals surface area contributed by atoms with Crippen molar-refractivity contribution in [2.24, 2.45) is 16.6 Å². The van der Waals surface area contributed by atoms with Gasteiger partial charge in [0.25, 0.3) is 5.89 Å². The van der Waals surface area contributed by atoms with Crippen molar-refractivity contribution in [1.29, 1.82) is 0 Å². The van der Waals surface area contributed by atoms with Gasteiger partial charge >= 0.3 is 0 Å². The predicted molar refractivity (Wildman–Crippen MR) is 133 cm³/mol. The fraction of sp³-hybridized carbons (Fsp3) is 0.440. The molecule has 0 amide bonds. The molecule has 2 N–H and O–H groups in total. The number of benzene rings is 1. The smallest absolute Gasteiger partial charge is 0.264 e. The molecular weight excluding hydrogens is 502 g/mol. The molecule has 0 bridgehead atoms. The minimum Gasteiger partial charge on any atom is -0.466 e. The number of Topliss-reactive ketones (excluding diaryl/α,β-unsaturated/α-hetero) is 1. The second-order valence-electron chi connectivity index (χ2n) is 9.67. The van der Waals surface area contributed by atoms with Crippen molar-refractivity contribution < 1.29 is 22.8 Å². The highest BCUT2D eigenvalue weighted by Gasteiger charge is 2.69.